The smallest absolute Gasteiger partial charge is 0.335 e. The summed E-state index contributed by atoms with van der Waals surface area (Å²) in [5, 5.41) is 4.90. The maximum atomic E-state index is 14.0. The summed E-state index contributed by atoms with van der Waals surface area (Å²) in [6.07, 6.45) is 1.68. The molecular formula is C32H29N3O3. The van der Waals surface area contributed by atoms with Gasteiger partial charge in [0.1, 0.15) is 5.71 Å². The van der Waals surface area contributed by atoms with E-state index in [9.17, 15) is 9.59 Å². The Morgan fingerprint density at radius 2 is 1.50 bits per heavy atom. The normalized spacial score (nSPS) is 13.2. The standard InChI is InChI=1S/C32H29N3O3/c1-32(2,3)24-17-15-22(16-18-24)30(36)28-27-26(19-23(20-33-28)31(37)38-4)34-35(25-13-9-6-10-14-25)29(27)21-11-7-5-8-12-21/h5-19H,20H2,1-4H3. The zero-order chi connectivity index (χ0) is 26.9. The zero-order valence-electron chi connectivity index (χ0n) is 21.9. The van der Waals surface area contributed by atoms with E-state index in [2.05, 4.69) is 20.8 Å². The van der Waals surface area contributed by atoms with Crippen LogP contribution in [0.15, 0.2) is 95.5 Å². The van der Waals surface area contributed by atoms with Gasteiger partial charge in [-0.1, -0.05) is 93.6 Å². The van der Waals surface area contributed by atoms with Gasteiger partial charge in [0.25, 0.3) is 0 Å². The molecule has 0 saturated carbocycles. The summed E-state index contributed by atoms with van der Waals surface area (Å²) >= 11 is 0. The summed E-state index contributed by atoms with van der Waals surface area (Å²) < 4.78 is 6.80. The minimum Gasteiger partial charge on any atom is -0.466 e. The number of hydrogen-bond donors (Lipinski definition) is 0. The molecule has 2 heterocycles. The Morgan fingerprint density at radius 3 is 2.11 bits per heavy atom. The zero-order valence-corrected chi connectivity index (χ0v) is 21.9. The van der Waals surface area contributed by atoms with Crippen molar-refractivity contribution in [3.8, 4) is 16.9 Å². The predicted octanol–water partition coefficient (Wildman–Crippen LogP) is 6.08. The number of carbonyl (C=O) groups is 2. The van der Waals surface area contributed by atoms with E-state index in [0.29, 0.717) is 22.4 Å². The summed E-state index contributed by atoms with van der Waals surface area (Å²) in [7, 11) is 1.33. The molecule has 0 saturated heterocycles. The lowest BCUT2D eigenvalue weighted by Gasteiger charge is -2.19. The third-order valence-corrected chi connectivity index (χ3v) is 6.59. The Hall–Kier alpha value is -4.58. The first-order chi connectivity index (χ1) is 18.3. The largest absolute Gasteiger partial charge is 0.466 e. The quantitative estimate of drug-likeness (QED) is 0.244. The molecule has 0 atom stereocenters. The summed E-state index contributed by atoms with van der Waals surface area (Å²) in [5.41, 5.74) is 5.73. The van der Waals surface area contributed by atoms with E-state index in [1.54, 1.807) is 6.08 Å². The second-order valence-electron chi connectivity index (χ2n) is 10.2. The van der Waals surface area contributed by atoms with Gasteiger partial charge in [0.15, 0.2) is 0 Å². The van der Waals surface area contributed by atoms with Crippen molar-refractivity contribution in [3.05, 3.63) is 113 Å². The number of aromatic nitrogens is 2. The fourth-order valence-corrected chi connectivity index (χ4v) is 4.54. The number of benzene rings is 3. The molecular weight excluding hydrogens is 474 g/mol. The third kappa shape index (κ3) is 4.73. The minimum atomic E-state index is -0.501. The summed E-state index contributed by atoms with van der Waals surface area (Å²) in [4.78, 5) is 31.3. The average Bonchev–Trinajstić information content (AvgIpc) is 3.21. The number of esters is 1. The molecule has 6 heteroatoms. The Labute approximate surface area is 222 Å². The summed E-state index contributed by atoms with van der Waals surface area (Å²) in [6.45, 7) is 6.42. The SMILES string of the molecule is COC(=O)C1=Cc2nn(-c3ccccc3)c(-c3ccccc3)c2C(C(=O)c2ccc(C(C)(C)C)cc2)=NC1. The lowest BCUT2D eigenvalue weighted by atomic mass is 9.86. The van der Waals surface area contributed by atoms with E-state index in [1.165, 1.54) is 7.11 Å². The van der Waals surface area contributed by atoms with Crippen LogP contribution in [0.25, 0.3) is 23.0 Å². The molecule has 0 bridgehead atoms. The van der Waals surface area contributed by atoms with Crippen LogP contribution in [0.5, 0.6) is 0 Å². The Morgan fingerprint density at radius 1 is 0.868 bits per heavy atom. The van der Waals surface area contributed by atoms with E-state index in [0.717, 1.165) is 22.5 Å². The van der Waals surface area contributed by atoms with Gasteiger partial charge in [-0.15, -0.1) is 0 Å². The van der Waals surface area contributed by atoms with Gasteiger partial charge in [0.05, 0.1) is 41.9 Å². The molecule has 0 N–H and O–H groups in total. The van der Waals surface area contributed by atoms with Gasteiger partial charge < -0.3 is 4.74 Å². The first-order valence-corrected chi connectivity index (χ1v) is 12.5. The van der Waals surface area contributed by atoms with Crippen LogP contribution in [0.2, 0.25) is 0 Å². The van der Waals surface area contributed by atoms with Crippen molar-refractivity contribution in [3.63, 3.8) is 0 Å². The fraction of sp³-hybridized carbons (Fsp3) is 0.188. The fourth-order valence-electron chi connectivity index (χ4n) is 4.54. The van der Waals surface area contributed by atoms with Crippen molar-refractivity contribution in [2.75, 3.05) is 13.7 Å². The number of ketones is 1. The molecule has 0 aliphatic carbocycles. The molecule has 1 aliphatic heterocycles. The molecule has 190 valence electrons. The topological polar surface area (TPSA) is 73.5 Å². The highest BCUT2D eigenvalue weighted by atomic mass is 16.5. The molecule has 4 aromatic rings. The number of nitrogens with zero attached hydrogens (tertiary/aromatic N) is 3. The molecule has 0 unspecified atom stereocenters. The van der Waals surface area contributed by atoms with Crippen molar-refractivity contribution in [1.82, 2.24) is 9.78 Å². The maximum Gasteiger partial charge on any atom is 0.335 e. The average molecular weight is 504 g/mol. The Kier molecular flexibility index (Phi) is 6.64. The molecule has 1 aromatic heterocycles. The number of Topliss-reactive ketones (excluding diaryl/α,β-unsaturated/α-hetero) is 1. The molecule has 38 heavy (non-hydrogen) atoms. The Bertz CT molecular complexity index is 1560. The van der Waals surface area contributed by atoms with Crippen LogP contribution in [0.3, 0.4) is 0 Å². The number of methoxy groups -OCH3 is 1. The van der Waals surface area contributed by atoms with Gasteiger partial charge in [-0.05, 0) is 29.2 Å². The van der Waals surface area contributed by atoms with Crippen LogP contribution in [0, 0.1) is 0 Å². The molecule has 3 aromatic carbocycles. The second-order valence-corrected chi connectivity index (χ2v) is 10.2. The maximum absolute atomic E-state index is 14.0. The van der Waals surface area contributed by atoms with Crippen LogP contribution in [-0.4, -0.2) is 40.9 Å². The van der Waals surface area contributed by atoms with Gasteiger partial charge in [0.2, 0.25) is 5.78 Å². The van der Waals surface area contributed by atoms with Crippen LogP contribution in [-0.2, 0) is 14.9 Å². The van der Waals surface area contributed by atoms with Crippen LogP contribution < -0.4 is 0 Å². The molecule has 5 rings (SSSR count). The Balaban J connectivity index is 1.75. The molecule has 6 nitrogen and oxygen atoms in total. The van der Waals surface area contributed by atoms with Crippen molar-refractivity contribution in [2.45, 2.75) is 26.2 Å². The van der Waals surface area contributed by atoms with Gasteiger partial charge in [-0.2, -0.15) is 5.10 Å². The number of ether oxygens (including phenoxy) is 1. The predicted molar refractivity (Wildman–Crippen MR) is 150 cm³/mol. The highest BCUT2D eigenvalue weighted by Gasteiger charge is 2.31. The number of para-hydroxylation sites is 1. The number of hydrogen-bond acceptors (Lipinski definition) is 5. The summed E-state index contributed by atoms with van der Waals surface area (Å²) in [6, 6.07) is 27.1. The number of fused-ring (bicyclic) bond motifs is 1. The van der Waals surface area contributed by atoms with Crippen molar-refractivity contribution in [2.24, 2.45) is 4.99 Å². The van der Waals surface area contributed by atoms with E-state index in [1.807, 2.05) is 89.6 Å². The first-order valence-electron chi connectivity index (χ1n) is 12.5. The molecule has 0 fully saturated rings. The first kappa shape index (κ1) is 25.1. The third-order valence-electron chi connectivity index (χ3n) is 6.59. The van der Waals surface area contributed by atoms with E-state index in [4.69, 9.17) is 14.8 Å². The van der Waals surface area contributed by atoms with E-state index >= 15 is 0 Å². The highest BCUT2D eigenvalue weighted by Crippen LogP contribution is 2.33. The van der Waals surface area contributed by atoms with Gasteiger partial charge in [-0.3, -0.25) is 9.79 Å². The van der Waals surface area contributed by atoms with Gasteiger partial charge >= 0.3 is 5.97 Å². The van der Waals surface area contributed by atoms with Gasteiger partial charge in [-0.25, -0.2) is 9.48 Å². The van der Waals surface area contributed by atoms with Crippen LogP contribution in [0.4, 0.5) is 0 Å². The van der Waals surface area contributed by atoms with Crippen LogP contribution >= 0.6 is 0 Å². The monoisotopic (exact) mass is 503 g/mol. The summed E-state index contributed by atoms with van der Waals surface area (Å²) in [5.74, 6) is -0.727. The van der Waals surface area contributed by atoms with Crippen LogP contribution in [0.1, 0.15) is 48.0 Å². The molecule has 0 amide bonds. The second kappa shape index (κ2) is 10.1. The van der Waals surface area contributed by atoms with Gasteiger partial charge in [0, 0.05) is 11.1 Å². The lowest BCUT2D eigenvalue weighted by molar-refractivity contribution is -0.136. The molecule has 0 radical (unpaired) electrons. The number of carbonyl (C=O) groups excluding carboxylic acids is 2. The van der Waals surface area contributed by atoms with Crippen molar-refractivity contribution in [1.29, 1.82) is 0 Å². The molecule has 1 aliphatic rings. The highest BCUT2D eigenvalue weighted by molar-refractivity contribution is 6.53. The van der Waals surface area contributed by atoms with Crippen molar-refractivity contribution >= 4 is 23.5 Å². The van der Waals surface area contributed by atoms with Crippen molar-refractivity contribution < 1.29 is 14.3 Å². The van der Waals surface area contributed by atoms with E-state index in [-0.39, 0.29) is 23.5 Å². The number of aliphatic imine (C=N–C) groups is 1. The molecule has 0 spiro atoms. The number of rotatable bonds is 5. The minimum absolute atomic E-state index is 0.0176. The lowest BCUT2D eigenvalue weighted by Crippen LogP contribution is -2.19. The van der Waals surface area contributed by atoms with E-state index < -0.39 is 5.97 Å².